The SMILES string of the molecule is O=C(NCCc1cc(F)ccc1F)C1CC(F)(F)CN1. The second kappa shape index (κ2) is 5.78. The Hall–Kier alpha value is -1.63. The number of benzene rings is 1. The molecule has 0 radical (unpaired) electrons. The summed E-state index contributed by atoms with van der Waals surface area (Å²) in [6.45, 7) is -0.466. The molecule has 7 heteroatoms. The van der Waals surface area contributed by atoms with Crippen LogP contribution in [0, 0.1) is 11.6 Å². The standard InChI is InChI=1S/C13H14F4N2O/c14-9-1-2-10(15)8(5-9)3-4-18-12(20)11-6-13(16,17)7-19-11/h1-2,5,11,19H,3-4,6-7H2,(H,18,20). The van der Waals surface area contributed by atoms with Gasteiger partial charge in [-0.3, -0.25) is 10.1 Å². The quantitative estimate of drug-likeness (QED) is 0.827. The van der Waals surface area contributed by atoms with Gasteiger partial charge < -0.3 is 5.32 Å². The molecule has 110 valence electrons. The predicted molar refractivity (Wildman–Crippen MR) is 64.4 cm³/mol. The molecule has 1 aromatic rings. The molecule has 1 unspecified atom stereocenters. The van der Waals surface area contributed by atoms with Crippen molar-refractivity contribution in [3.63, 3.8) is 0 Å². The molecule has 0 bridgehead atoms. The van der Waals surface area contributed by atoms with Gasteiger partial charge in [-0.25, -0.2) is 17.6 Å². The lowest BCUT2D eigenvalue weighted by molar-refractivity contribution is -0.123. The summed E-state index contributed by atoms with van der Waals surface area (Å²) in [5.74, 6) is -4.56. The van der Waals surface area contributed by atoms with Gasteiger partial charge in [0.05, 0.1) is 12.6 Å². The van der Waals surface area contributed by atoms with Gasteiger partial charge in [0.15, 0.2) is 0 Å². The third-order valence-corrected chi connectivity index (χ3v) is 3.13. The van der Waals surface area contributed by atoms with Crippen LogP contribution in [0.4, 0.5) is 17.6 Å². The van der Waals surface area contributed by atoms with Crippen molar-refractivity contribution in [3.05, 3.63) is 35.4 Å². The van der Waals surface area contributed by atoms with E-state index in [2.05, 4.69) is 10.6 Å². The smallest absolute Gasteiger partial charge is 0.262 e. The van der Waals surface area contributed by atoms with Crippen LogP contribution in [0.2, 0.25) is 0 Å². The molecule has 20 heavy (non-hydrogen) atoms. The van der Waals surface area contributed by atoms with Crippen molar-refractivity contribution in [2.24, 2.45) is 0 Å². The Kier molecular flexibility index (Phi) is 4.27. The van der Waals surface area contributed by atoms with Gasteiger partial charge in [0, 0.05) is 13.0 Å². The Labute approximate surface area is 113 Å². The van der Waals surface area contributed by atoms with Crippen molar-refractivity contribution in [3.8, 4) is 0 Å². The first kappa shape index (κ1) is 14.8. The summed E-state index contributed by atoms with van der Waals surface area (Å²) >= 11 is 0. The number of amides is 1. The fourth-order valence-corrected chi connectivity index (χ4v) is 2.08. The third kappa shape index (κ3) is 3.69. The van der Waals surface area contributed by atoms with Gasteiger partial charge >= 0.3 is 0 Å². The molecule has 0 aliphatic carbocycles. The van der Waals surface area contributed by atoms with E-state index < -0.39 is 42.5 Å². The first-order chi connectivity index (χ1) is 9.37. The fourth-order valence-electron chi connectivity index (χ4n) is 2.08. The third-order valence-electron chi connectivity index (χ3n) is 3.13. The van der Waals surface area contributed by atoms with E-state index >= 15 is 0 Å². The van der Waals surface area contributed by atoms with Crippen molar-refractivity contribution in [2.45, 2.75) is 24.8 Å². The van der Waals surface area contributed by atoms with Crippen LogP contribution in [-0.2, 0) is 11.2 Å². The molecular weight excluding hydrogens is 276 g/mol. The number of carbonyl (C=O) groups is 1. The van der Waals surface area contributed by atoms with Gasteiger partial charge in [-0.1, -0.05) is 0 Å². The normalized spacial score (nSPS) is 20.9. The number of rotatable bonds is 4. The minimum Gasteiger partial charge on any atom is -0.354 e. The van der Waals surface area contributed by atoms with Crippen molar-refractivity contribution in [2.75, 3.05) is 13.1 Å². The second-order valence-corrected chi connectivity index (χ2v) is 4.77. The highest BCUT2D eigenvalue weighted by Gasteiger charge is 2.42. The number of halogens is 4. The molecular formula is C13H14F4N2O. The molecule has 0 saturated carbocycles. The van der Waals surface area contributed by atoms with E-state index in [1.165, 1.54) is 0 Å². The zero-order valence-electron chi connectivity index (χ0n) is 10.6. The summed E-state index contributed by atoms with van der Waals surface area (Å²) < 4.78 is 52.0. The monoisotopic (exact) mass is 290 g/mol. The summed E-state index contributed by atoms with van der Waals surface area (Å²) in [5.41, 5.74) is 0.134. The highest BCUT2D eigenvalue weighted by atomic mass is 19.3. The highest BCUT2D eigenvalue weighted by Crippen LogP contribution is 2.24. The molecule has 1 heterocycles. The van der Waals surface area contributed by atoms with Crippen LogP contribution in [0.15, 0.2) is 18.2 Å². The molecule has 0 spiro atoms. The second-order valence-electron chi connectivity index (χ2n) is 4.77. The average Bonchev–Trinajstić information content (AvgIpc) is 2.74. The molecule has 1 aromatic carbocycles. The van der Waals surface area contributed by atoms with E-state index in [4.69, 9.17) is 0 Å². The number of nitrogens with one attached hydrogen (secondary N) is 2. The molecule has 2 N–H and O–H groups in total. The summed E-state index contributed by atoms with van der Waals surface area (Å²) in [6, 6.07) is 2.11. The molecule has 0 aromatic heterocycles. The molecule has 1 fully saturated rings. The Bertz CT molecular complexity index is 507. The van der Waals surface area contributed by atoms with Crippen molar-refractivity contribution < 1.29 is 22.4 Å². The zero-order valence-corrected chi connectivity index (χ0v) is 10.6. The van der Waals surface area contributed by atoms with E-state index in [0.29, 0.717) is 0 Å². The minimum atomic E-state index is -2.88. The molecule has 1 atom stereocenters. The lowest BCUT2D eigenvalue weighted by Gasteiger charge is -2.11. The predicted octanol–water partition coefficient (Wildman–Crippen LogP) is 1.62. The first-order valence-corrected chi connectivity index (χ1v) is 6.20. The van der Waals surface area contributed by atoms with Crippen molar-refractivity contribution in [1.29, 1.82) is 0 Å². The van der Waals surface area contributed by atoms with Gasteiger partial charge in [-0.15, -0.1) is 0 Å². The number of carbonyl (C=O) groups excluding carboxylic acids is 1. The van der Waals surface area contributed by atoms with Crippen LogP contribution in [0.5, 0.6) is 0 Å². The maximum Gasteiger partial charge on any atom is 0.262 e. The maximum absolute atomic E-state index is 13.3. The van der Waals surface area contributed by atoms with Crippen LogP contribution in [-0.4, -0.2) is 31.0 Å². The Morgan fingerprint density at radius 2 is 2.15 bits per heavy atom. The summed E-state index contributed by atoms with van der Waals surface area (Å²) in [6.07, 6.45) is -0.453. The Morgan fingerprint density at radius 3 is 2.80 bits per heavy atom. The van der Waals surface area contributed by atoms with E-state index in [-0.39, 0.29) is 18.5 Å². The van der Waals surface area contributed by atoms with E-state index in [0.717, 1.165) is 18.2 Å². The van der Waals surface area contributed by atoms with Crippen molar-refractivity contribution >= 4 is 5.91 Å². The highest BCUT2D eigenvalue weighted by molar-refractivity contribution is 5.82. The first-order valence-electron chi connectivity index (χ1n) is 6.20. The molecule has 2 rings (SSSR count). The molecule has 1 aliphatic rings. The lowest BCUT2D eigenvalue weighted by atomic mass is 10.1. The van der Waals surface area contributed by atoms with Gasteiger partial charge in [-0.05, 0) is 30.2 Å². The largest absolute Gasteiger partial charge is 0.354 e. The van der Waals surface area contributed by atoms with E-state index in [1.807, 2.05) is 0 Å². The van der Waals surface area contributed by atoms with Gasteiger partial charge in [0.25, 0.3) is 5.92 Å². The molecule has 3 nitrogen and oxygen atoms in total. The Morgan fingerprint density at radius 1 is 1.40 bits per heavy atom. The summed E-state index contributed by atoms with van der Waals surface area (Å²) in [5, 5.41) is 4.85. The van der Waals surface area contributed by atoms with Crippen LogP contribution in [0.3, 0.4) is 0 Å². The lowest BCUT2D eigenvalue weighted by Crippen LogP contribution is -2.41. The van der Waals surface area contributed by atoms with Crippen LogP contribution in [0.1, 0.15) is 12.0 Å². The van der Waals surface area contributed by atoms with Crippen molar-refractivity contribution in [1.82, 2.24) is 10.6 Å². The topological polar surface area (TPSA) is 41.1 Å². The average molecular weight is 290 g/mol. The fraction of sp³-hybridized carbons (Fsp3) is 0.462. The summed E-state index contributed by atoms with van der Waals surface area (Å²) in [4.78, 5) is 11.6. The van der Waals surface area contributed by atoms with Gasteiger partial charge in [0.2, 0.25) is 5.91 Å². The van der Waals surface area contributed by atoms with Crippen LogP contribution >= 0.6 is 0 Å². The van der Waals surface area contributed by atoms with Gasteiger partial charge in [-0.2, -0.15) is 0 Å². The van der Waals surface area contributed by atoms with Crippen LogP contribution in [0.25, 0.3) is 0 Å². The number of alkyl halides is 2. The van der Waals surface area contributed by atoms with E-state index in [1.54, 1.807) is 0 Å². The molecule has 1 saturated heterocycles. The number of hydrogen-bond acceptors (Lipinski definition) is 2. The maximum atomic E-state index is 13.3. The molecule has 1 amide bonds. The minimum absolute atomic E-state index is 0.0585. The summed E-state index contributed by atoms with van der Waals surface area (Å²) in [7, 11) is 0. The van der Waals surface area contributed by atoms with Crippen LogP contribution < -0.4 is 10.6 Å². The van der Waals surface area contributed by atoms with E-state index in [9.17, 15) is 22.4 Å². The van der Waals surface area contributed by atoms with Gasteiger partial charge in [0.1, 0.15) is 11.6 Å². The Balaban J connectivity index is 1.81. The molecule has 1 aliphatic heterocycles. The number of hydrogen-bond donors (Lipinski definition) is 2. The zero-order chi connectivity index (χ0) is 14.8.